The van der Waals surface area contributed by atoms with Gasteiger partial charge in [-0.05, 0) is 18.6 Å². The van der Waals surface area contributed by atoms with Gasteiger partial charge in [0.25, 0.3) is 0 Å². The zero-order chi connectivity index (χ0) is 11.6. The molecule has 0 radical (unpaired) electrons. The van der Waals surface area contributed by atoms with Crippen LogP contribution in [0.4, 0.5) is 4.39 Å². The topological polar surface area (TPSA) is 51.2 Å². The van der Waals surface area contributed by atoms with Crippen LogP contribution in [0.25, 0.3) is 0 Å². The fraction of sp³-hybridized carbons (Fsp3) is 0.300. The van der Waals surface area contributed by atoms with Crippen molar-refractivity contribution < 1.29 is 17.6 Å². The highest BCUT2D eigenvalue weighted by Crippen LogP contribution is 2.20. The second-order valence-electron chi connectivity index (χ2n) is 3.38. The quantitative estimate of drug-likeness (QED) is 0.787. The minimum Gasteiger partial charge on any atom is -0.300 e. The molecule has 15 heavy (non-hydrogen) atoms. The van der Waals surface area contributed by atoms with Crippen LogP contribution in [0, 0.1) is 5.82 Å². The number of carbonyl (C=O) groups excluding carboxylic acids is 1. The molecular weight excluding hydrogens is 219 g/mol. The first-order chi connectivity index (χ1) is 6.82. The summed E-state index contributed by atoms with van der Waals surface area (Å²) in [5.41, 5.74) is 0.213. The molecule has 0 atom stereocenters. The minimum atomic E-state index is -3.64. The lowest BCUT2D eigenvalue weighted by molar-refractivity contribution is -0.116. The summed E-state index contributed by atoms with van der Waals surface area (Å²) in [4.78, 5) is 10.5. The third kappa shape index (κ3) is 2.86. The van der Waals surface area contributed by atoms with E-state index in [1.54, 1.807) is 0 Å². The van der Waals surface area contributed by atoms with Gasteiger partial charge in [-0.3, -0.25) is 4.79 Å². The Kier molecular flexibility index (Phi) is 3.24. The second kappa shape index (κ2) is 4.10. The largest absolute Gasteiger partial charge is 0.300 e. The van der Waals surface area contributed by atoms with Crippen molar-refractivity contribution in [3.63, 3.8) is 0 Å². The smallest absolute Gasteiger partial charge is 0.178 e. The van der Waals surface area contributed by atoms with Gasteiger partial charge in [-0.25, -0.2) is 12.8 Å². The van der Waals surface area contributed by atoms with Crippen LogP contribution >= 0.6 is 0 Å². The highest BCUT2D eigenvalue weighted by atomic mass is 32.2. The van der Waals surface area contributed by atoms with Gasteiger partial charge < -0.3 is 0 Å². The third-order valence-corrected chi connectivity index (χ3v) is 3.06. The number of sulfone groups is 1. The predicted octanol–water partition coefficient (Wildman–Crippen LogP) is 1.36. The zero-order valence-corrected chi connectivity index (χ0v) is 9.27. The number of carbonyl (C=O) groups is 1. The summed E-state index contributed by atoms with van der Waals surface area (Å²) in [7, 11) is -3.64. The molecule has 1 aromatic carbocycles. The molecule has 3 nitrogen and oxygen atoms in total. The first kappa shape index (κ1) is 11.8. The lowest BCUT2D eigenvalue weighted by Crippen LogP contribution is -2.08. The van der Waals surface area contributed by atoms with Crippen LogP contribution in [0.3, 0.4) is 0 Å². The molecular formula is C10H11FO3S. The fourth-order valence-electron chi connectivity index (χ4n) is 1.38. The van der Waals surface area contributed by atoms with E-state index in [0.717, 1.165) is 12.3 Å². The summed E-state index contributed by atoms with van der Waals surface area (Å²) in [6, 6.07) is 3.91. The molecule has 0 saturated heterocycles. The maximum Gasteiger partial charge on any atom is 0.178 e. The number of hydrogen-bond donors (Lipinski definition) is 0. The minimum absolute atomic E-state index is 0.0693. The van der Waals surface area contributed by atoms with Gasteiger partial charge in [0.2, 0.25) is 0 Å². The Morgan fingerprint density at radius 2 is 2.00 bits per heavy atom. The monoisotopic (exact) mass is 230 g/mol. The van der Waals surface area contributed by atoms with E-state index in [1.165, 1.54) is 19.1 Å². The Balaban J connectivity index is 3.40. The van der Waals surface area contributed by atoms with Gasteiger partial charge in [0, 0.05) is 12.7 Å². The van der Waals surface area contributed by atoms with Gasteiger partial charge in [-0.15, -0.1) is 0 Å². The number of benzene rings is 1. The van der Waals surface area contributed by atoms with Crippen LogP contribution in [0.5, 0.6) is 0 Å². The summed E-state index contributed by atoms with van der Waals surface area (Å²) in [6.45, 7) is 1.33. The molecule has 1 rings (SSSR count). The van der Waals surface area contributed by atoms with Gasteiger partial charge in [-0.1, -0.05) is 12.1 Å². The van der Waals surface area contributed by atoms with Crippen molar-refractivity contribution in [2.45, 2.75) is 18.2 Å². The van der Waals surface area contributed by atoms with E-state index in [-0.39, 0.29) is 22.7 Å². The van der Waals surface area contributed by atoms with E-state index >= 15 is 0 Å². The van der Waals surface area contributed by atoms with Crippen molar-refractivity contribution in [1.82, 2.24) is 0 Å². The SMILES string of the molecule is CC(=O)Cc1cccc(F)c1S(C)(=O)=O. The molecule has 0 aliphatic carbocycles. The molecule has 0 aliphatic heterocycles. The average Bonchev–Trinajstić information content (AvgIpc) is 1.99. The zero-order valence-electron chi connectivity index (χ0n) is 8.45. The van der Waals surface area contributed by atoms with Crippen LogP contribution in [0.2, 0.25) is 0 Å². The standard InChI is InChI=1S/C10H11FO3S/c1-7(12)6-8-4-3-5-9(11)10(8)15(2,13)14/h3-5H,6H2,1-2H3. The van der Waals surface area contributed by atoms with Crippen LogP contribution in [0.15, 0.2) is 23.1 Å². The summed E-state index contributed by atoms with van der Waals surface area (Å²) in [6.07, 6.45) is 0.856. The van der Waals surface area contributed by atoms with Crippen LogP contribution < -0.4 is 0 Å². The number of ketones is 1. The van der Waals surface area contributed by atoms with Gasteiger partial charge >= 0.3 is 0 Å². The number of rotatable bonds is 3. The van der Waals surface area contributed by atoms with Crippen molar-refractivity contribution in [3.8, 4) is 0 Å². The lowest BCUT2D eigenvalue weighted by atomic mass is 10.1. The molecule has 0 aromatic heterocycles. The normalized spacial score (nSPS) is 11.4. The summed E-state index contributed by atoms with van der Waals surface area (Å²) in [5.74, 6) is -1.01. The molecule has 0 aliphatic rings. The highest BCUT2D eigenvalue weighted by molar-refractivity contribution is 7.90. The molecule has 0 spiro atoms. The van der Waals surface area contributed by atoms with Crippen molar-refractivity contribution >= 4 is 15.6 Å². The van der Waals surface area contributed by atoms with Crippen LogP contribution in [-0.2, 0) is 21.1 Å². The maximum absolute atomic E-state index is 13.3. The molecule has 0 bridgehead atoms. The maximum atomic E-state index is 13.3. The van der Waals surface area contributed by atoms with Crippen molar-refractivity contribution in [2.75, 3.05) is 6.26 Å². The number of hydrogen-bond acceptors (Lipinski definition) is 3. The lowest BCUT2D eigenvalue weighted by Gasteiger charge is -2.06. The molecule has 0 N–H and O–H groups in total. The Hall–Kier alpha value is -1.23. The van der Waals surface area contributed by atoms with E-state index in [2.05, 4.69) is 0 Å². The number of Topliss-reactive ketones (excluding diaryl/α,β-unsaturated/α-hetero) is 1. The molecule has 0 heterocycles. The third-order valence-electron chi connectivity index (χ3n) is 1.86. The highest BCUT2D eigenvalue weighted by Gasteiger charge is 2.18. The Bertz CT molecular complexity index is 491. The fourth-order valence-corrected chi connectivity index (χ4v) is 2.41. The summed E-state index contributed by atoms with van der Waals surface area (Å²) >= 11 is 0. The van der Waals surface area contributed by atoms with E-state index in [9.17, 15) is 17.6 Å². The van der Waals surface area contributed by atoms with E-state index < -0.39 is 15.7 Å². The van der Waals surface area contributed by atoms with E-state index in [4.69, 9.17) is 0 Å². The first-order valence-corrected chi connectivity index (χ1v) is 6.18. The second-order valence-corrected chi connectivity index (χ2v) is 5.33. The molecule has 82 valence electrons. The number of halogens is 1. The molecule has 0 unspecified atom stereocenters. The van der Waals surface area contributed by atoms with Crippen molar-refractivity contribution in [2.24, 2.45) is 0 Å². The van der Waals surface area contributed by atoms with Crippen molar-refractivity contribution in [1.29, 1.82) is 0 Å². The molecule has 0 fully saturated rings. The van der Waals surface area contributed by atoms with Gasteiger partial charge in [-0.2, -0.15) is 0 Å². The Morgan fingerprint density at radius 1 is 1.40 bits per heavy atom. The van der Waals surface area contributed by atoms with Crippen LogP contribution in [-0.4, -0.2) is 20.5 Å². The summed E-state index contributed by atoms with van der Waals surface area (Å²) in [5, 5.41) is 0. The first-order valence-electron chi connectivity index (χ1n) is 4.29. The molecule has 5 heteroatoms. The molecule has 0 saturated carbocycles. The van der Waals surface area contributed by atoms with E-state index in [0.29, 0.717) is 0 Å². The van der Waals surface area contributed by atoms with Gasteiger partial charge in [0.05, 0.1) is 0 Å². The molecule has 0 amide bonds. The van der Waals surface area contributed by atoms with Gasteiger partial charge in [0.1, 0.15) is 16.5 Å². The van der Waals surface area contributed by atoms with Gasteiger partial charge in [0.15, 0.2) is 9.84 Å². The molecule has 1 aromatic rings. The van der Waals surface area contributed by atoms with Crippen molar-refractivity contribution in [3.05, 3.63) is 29.6 Å². The Morgan fingerprint density at radius 3 is 2.47 bits per heavy atom. The average molecular weight is 230 g/mol. The summed E-state index contributed by atoms with van der Waals surface area (Å²) < 4.78 is 35.9. The van der Waals surface area contributed by atoms with E-state index in [1.807, 2.05) is 0 Å². The Labute approximate surface area is 87.8 Å². The van der Waals surface area contributed by atoms with Crippen LogP contribution in [0.1, 0.15) is 12.5 Å². The predicted molar refractivity (Wildman–Crippen MR) is 53.9 cm³/mol.